The van der Waals surface area contributed by atoms with Crippen LogP contribution in [0.4, 0.5) is 4.39 Å². The molecule has 4 aliphatic heterocycles. The summed E-state index contributed by atoms with van der Waals surface area (Å²) in [6.45, 7) is 5.85. The van der Waals surface area contributed by atoms with Gasteiger partial charge in [0.25, 0.3) is 0 Å². The molecule has 1 N–H and O–H groups in total. The Kier molecular flexibility index (Phi) is 7.77. The van der Waals surface area contributed by atoms with E-state index in [1.54, 1.807) is 30.3 Å². The van der Waals surface area contributed by atoms with E-state index >= 15 is 0 Å². The van der Waals surface area contributed by atoms with Crippen LogP contribution in [0.5, 0.6) is 5.88 Å². The van der Waals surface area contributed by atoms with E-state index < -0.39 is 5.97 Å². The standard InChI is InChI=1S/C35H35FN4O6/c36-29-11-21(26-18-44-19-26)1-2-23(29)20-46-33-6-4-24-16-43-17-25-13-39(9-7-28(25)34(24)38-33)15-32-37-30-5-3-22(35(41)42)12-31(30)40(32)14-27-8-10-45-27/h1-6,11-12,26-27H,7-10,13-20H2,(H,41,42). The zero-order valence-electron chi connectivity index (χ0n) is 25.4. The van der Waals surface area contributed by atoms with E-state index in [9.17, 15) is 14.3 Å². The van der Waals surface area contributed by atoms with Gasteiger partial charge in [0.1, 0.15) is 18.2 Å². The first-order chi connectivity index (χ1) is 22.5. The number of carboxylic acids is 1. The molecule has 2 saturated heterocycles. The maximum Gasteiger partial charge on any atom is 0.335 e. The first-order valence-corrected chi connectivity index (χ1v) is 15.8. The highest BCUT2D eigenvalue weighted by Gasteiger charge is 2.28. The minimum atomic E-state index is -0.955. The van der Waals surface area contributed by atoms with Crippen molar-refractivity contribution in [3.05, 3.63) is 93.7 Å². The molecule has 6 heterocycles. The molecule has 11 heteroatoms. The number of fused-ring (bicyclic) bond motifs is 3. The summed E-state index contributed by atoms with van der Waals surface area (Å²) in [5.41, 5.74) is 7.55. The summed E-state index contributed by atoms with van der Waals surface area (Å²) in [5.74, 6) is 0.382. The Balaban J connectivity index is 1.00. The first kappa shape index (κ1) is 29.3. The largest absolute Gasteiger partial charge is 0.478 e. The van der Waals surface area contributed by atoms with Crippen LogP contribution in [0.1, 0.15) is 57.3 Å². The van der Waals surface area contributed by atoms with Crippen molar-refractivity contribution in [3.8, 4) is 5.88 Å². The minimum absolute atomic E-state index is 0.0934. The third kappa shape index (κ3) is 5.68. The Bertz CT molecular complexity index is 1850. The van der Waals surface area contributed by atoms with E-state index in [-0.39, 0.29) is 30.0 Å². The van der Waals surface area contributed by atoms with Gasteiger partial charge in [-0.1, -0.05) is 12.1 Å². The molecule has 2 aromatic carbocycles. The van der Waals surface area contributed by atoms with Gasteiger partial charge in [-0.15, -0.1) is 0 Å². The van der Waals surface area contributed by atoms with Gasteiger partial charge in [0.2, 0.25) is 5.88 Å². The molecule has 4 aliphatic rings. The molecule has 1 atom stereocenters. The number of carboxylic acid groups (broad SMARTS) is 1. The highest BCUT2D eigenvalue weighted by molar-refractivity contribution is 5.92. The summed E-state index contributed by atoms with van der Waals surface area (Å²) in [6.07, 6.45) is 1.87. The molecule has 238 valence electrons. The summed E-state index contributed by atoms with van der Waals surface area (Å²) in [5, 5.41) is 9.58. The predicted octanol–water partition coefficient (Wildman–Crippen LogP) is 4.94. The summed E-state index contributed by atoms with van der Waals surface area (Å²) >= 11 is 0. The number of pyridine rings is 1. The second kappa shape index (κ2) is 12.2. The Morgan fingerprint density at radius 3 is 2.72 bits per heavy atom. The summed E-state index contributed by atoms with van der Waals surface area (Å²) in [6, 6.07) is 14.2. The van der Waals surface area contributed by atoms with Gasteiger partial charge >= 0.3 is 5.97 Å². The molecule has 0 saturated carbocycles. The Labute approximate surface area is 265 Å². The van der Waals surface area contributed by atoms with Gasteiger partial charge in [-0.25, -0.2) is 19.2 Å². The van der Waals surface area contributed by atoms with Crippen molar-refractivity contribution in [2.24, 2.45) is 0 Å². The van der Waals surface area contributed by atoms with E-state index in [1.807, 2.05) is 18.2 Å². The van der Waals surface area contributed by atoms with Crippen molar-refractivity contribution in [2.45, 2.75) is 51.2 Å². The first-order valence-electron chi connectivity index (χ1n) is 15.8. The van der Waals surface area contributed by atoms with Crippen molar-refractivity contribution in [1.82, 2.24) is 19.4 Å². The number of imidazole rings is 1. The maximum absolute atomic E-state index is 14.8. The van der Waals surface area contributed by atoms with E-state index in [0.29, 0.717) is 57.5 Å². The summed E-state index contributed by atoms with van der Waals surface area (Å²) in [4.78, 5) is 23.9. The molecule has 1 unspecified atom stereocenters. The lowest BCUT2D eigenvalue weighted by Gasteiger charge is -2.31. The van der Waals surface area contributed by atoms with Gasteiger partial charge in [0, 0.05) is 42.8 Å². The minimum Gasteiger partial charge on any atom is -0.478 e. The number of benzene rings is 2. The van der Waals surface area contributed by atoms with E-state index in [4.69, 9.17) is 28.9 Å². The summed E-state index contributed by atoms with van der Waals surface area (Å²) in [7, 11) is 0. The number of ether oxygens (including phenoxy) is 4. The molecule has 2 aromatic heterocycles. The quantitative estimate of drug-likeness (QED) is 0.276. The van der Waals surface area contributed by atoms with Crippen LogP contribution in [-0.4, -0.2) is 76.1 Å². The number of nitrogens with zero attached hydrogens (tertiary/aromatic N) is 4. The number of hydrogen-bond donors (Lipinski definition) is 1. The second-order valence-electron chi connectivity index (χ2n) is 12.5. The fourth-order valence-electron chi connectivity index (χ4n) is 6.63. The topological polar surface area (TPSA) is 108 Å². The van der Waals surface area contributed by atoms with Crippen LogP contribution in [-0.2, 0) is 40.5 Å². The van der Waals surface area contributed by atoms with Crippen LogP contribution < -0.4 is 4.74 Å². The van der Waals surface area contributed by atoms with Crippen molar-refractivity contribution in [3.63, 3.8) is 0 Å². The van der Waals surface area contributed by atoms with Crippen molar-refractivity contribution < 1.29 is 33.2 Å². The molecule has 10 nitrogen and oxygen atoms in total. The molecule has 0 radical (unpaired) electrons. The third-order valence-electron chi connectivity index (χ3n) is 9.47. The molecule has 0 bridgehead atoms. The molecular formula is C35H35FN4O6. The predicted molar refractivity (Wildman–Crippen MR) is 166 cm³/mol. The second-order valence-corrected chi connectivity index (χ2v) is 12.5. The lowest BCUT2D eigenvalue weighted by atomic mass is 9.95. The third-order valence-corrected chi connectivity index (χ3v) is 9.47. The van der Waals surface area contributed by atoms with Gasteiger partial charge in [-0.3, -0.25) is 4.90 Å². The summed E-state index contributed by atoms with van der Waals surface area (Å²) < 4.78 is 40.0. The van der Waals surface area contributed by atoms with Crippen molar-refractivity contribution >= 4 is 22.6 Å². The molecule has 0 aliphatic carbocycles. The lowest BCUT2D eigenvalue weighted by molar-refractivity contribution is -0.0592. The highest BCUT2D eigenvalue weighted by Crippen LogP contribution is 2.34. The zero-order chi connectivity index (χ0) is 31.2. The molecule has 2 fully saturated rings. The maximum atomic E-state index is 14.8. The van der Waals surface area contributed by atoms with Crippen LogP contribution in [0.15, 0.2) is 54.1 Å². The smallest absolute Gasteiger partial charge is 0.335 e. The average molecular weight is 627 g/mol. The zero-order valence-corrected chi connectivity index (χ0v) is 25.4. The molecule has 0 amide bonds. The number of hydrogen-bond acceptors (Lipinski definition) is 8. The van der Waals surface area contributed by atoms with E-state index in [0.717, 1.165) is 59.7 Å². The van der Waals surface area contributed by atoms with Crippen LogP contribution in [0.25, 0.3) is 16.6 Å². The van der Waals surface area contributed by atoms with Crippen LogP contribution in [0, 0.1) is 5.82 Å². The van der Waals surface area contributed by atoms with Gasteiger partial charge in [-0.2, -0.15) is 0 Å². The van der Waals surface area contributed by atoms with Gasteiger partial charge in [0.05, 0.1) is 67.9 Å². The lowest BCUT2D eigenvalue weighted by Crippen LogP contribution is -2.35. The van der Waals surface area contributed by atoms with Crippen molar-refractivity contribution in [2.75, 3.05) is 39.5 Å². The van der Waals surface area contributed by atoms with Crippen LogP contribution in [0.3, 0.4) is 0 Å². The molecule has 4 aromatic rings. The van der Waals surface area contributed by atoms with E-state index in [1.165, 1.54) is 11.1 Å². The normalized spacial score (nSPS) is 20.1. The molecule has 8 rings (SSSR count). The van der Waals surface area contributed by atoms with Gasteiger partial charge < -0.3 is 28.6 Å². The fraction of sp³-hybridized carbons (Fsp3) is 0.400. The number of aromatic nitrogens is 3. The Morgan fingerprint density at radius 2 is 1.96 bits per heavy atom. The van der Waals surface area contributed by atoms with Gasteiger partial charge in [-0.05, 0) is 59.9 Å². The Hall–Kier alpha value is -4.16. The highest BCUT2D eigenvalue weighted by atomic mass is 19.1. The molecule has 46 heavy (non-hydrogen) atoms. The number of rotatable bonds is 9. The van der Waals surface area contributed by atoms with Crippen LogP contribution in [0.2, 0.25) is 0 Å². The monoisotopic (exact) mass is 626 g/mol. The number of carbonyl (C=O) groups is 1. The van der Waals surface area contributed by atoms with Gasteiger partial charge in [0.15, 0.2) is 0 Å². The van der Waals surface area contributed by atoms with Crippen molar-refractivity contribution in [1.29, 1.82) is 0 Å². The van der Waals surface area contributed by atoms with E-state index in [2.05, 4.69) is 9.47 Å². The van der Waals surface area contributed by atoms with Crippen LogP contribution >= 0.6 is 0 Å². The number of halogens is 1. The average Bonchev–Trinajstić information content (AvgIpc) is 3.22. The fourth-order valence-corrected chi connectivity index (χ4v) is 6.63. The molecular weight excluding hydrogens is 591 g/mol. The SMILES string of the molecule is O=C(O)c1ccc2nc(CN3CCC4=C(COCc5ccc(OCc6ccc(C7COC7)cc6F)nc54)C3)n(CC3CCO3)c2c1. The number of aromatic carboxylic acids is 1. The molecule has 0 spiro atoms. The Morgan fingerprint density at radius 1 is 1.07 bits per heavy atom.